The summed E-state index contributed by atoms with van der Waals surface area (Å²) in [6.07, 6.45) is 3.84. The van der Waals surface area contributed by atoms with Crippen LogP contribution in [-0.2, 0) is 6.42 Å². The van der Waals surface area contributed by atoms with Crippen LogP contribution in [0.15, 0.2) is 20.9 Å². The predicted octanol–water partition coefficient (Wildman–Crippen LogP) is 2.99. The highest BCUT2D eigenvalue weighted by atomic mass is 32.2. The maximum absolute atomic E-state index is 6.12. The number of rotatable bonds is 5. The van der Waals surface area contributed by atoms with Crippen molar-refractivity contribution in [1.29, 1.82) is 0 Å². The number of imidazole rings is 1. The fourth-order valence-electron chi connectivity index (χ4n) is 1.88. The molecule has 5 nitrogen and oxygen atoms in total. The van der Waals surface area contributed by atoms with Gasteiger partial charge in [-0.2, -0.15) is 4.37 Å². The number of thiazole rings is 1. The molecule has 20 heavy (non-hydrogen) atoms. The molecule has 106 valence electrons. The van der Waals surface area contributed by atoms with E-state index in [0.29, 0.717) is 0 Å². The zero-order valence-corrected chi connectivity index (χ0v) is 13.7. The van der Waals surface area contributed by atoms with Crippen molar-refractivity contribution < 1.29 is 0 Å². The summed E-state index contributed by atoms with van der Waals surface area (Å²) in [6, 6.07) is 0.158. The van der Waals surface area contributed by atoms with Gasteiger partial charge in [0.05, 0.1) is 5.69 Å². The first-order chi connectivity index (χ1) is 9.67. The lowest BCUT2D eigenvalue weighted by Crippen LogP contribution is -2.22. The second-order valence-corrected chi connectivity index (χ2v) is 7.36. The van der Waals surface area contributed by atoms with E-state index in [9.17, 15) is 0 Å². The van der Waals surface area contributed by atoms with Crippen LogP contribution in [0.3, 0.4) is 0 Å². The molecular formula is C12H15N5S3. The van der Waals surface area contributed by atoms with Gasteiger partial charge in [0.25, 0.3) is 0 Å². The topological polar surface area (TPSA) is 69.1 Å². The van der Waals surface area contributed by atoms with Crippen LogP contribution in [0.5, 0.6) is 0 Å². The van der Waals surface area contributed by atoms with Gasteiger partial charge in [0.15, 0.2) is 9.30 Å². The van der Waals surface area contributed by atoms with Crippen LogP contribution < -0.4 is 5.73 Å². The van der Waals surface area contributed by atoms with Gasteiger partial charge < -0.3 is 5.73 Å². The zero-order valence-electron chi connectivity index (χ0n) is 11.2. The molecule has 0 saturated carbocycles. The van der Waals surface area contributed by atoms with Gasteiger partial charge in [0.2, 0.25) is 0 Å². The van der Waals surface area contributed by atoms with Crippen molar-refractivity contribution in [3.63, 3.8) is 0 Å². The van der Waals surface area contributed by atoms with Gasteiger partial charge in [0, 0.05) is 24.0 Å². The van der Waals surface area contributed by atoms with Crippen molar-refractivity contribution in [3.8, 4) is 0 Å². The minimum absolute atomic E-state index is 0.158. The molecule has 0 fully saturated rings. The molecule has 1 atom stereocenters. The summed E-state index contributed by atoms with van der Waals surface area (Å²) < 4.78 is 7.28. The first kappa shape index (κ1) is 14.0. The number of fused-ring (bicyclic) bond motifs is 1. The van der Waals surface area contributed by atoms with Gasteiger partial charge in [0.1, 0.15) is 10.9 Å². The molecule has 0 aliphatic rings. The highest BCUT2D eigenvalue weighted by Gasteiger charge is 2.17. The Balaban J connectivity index is 1.96. The van der Waals surface area contributed by atoms with Gasteiger partial charge in [-0.15, -0.1) is 11.3 Å². The third-order valence-corrected chi connectivity index (χ3v) is 5.62. The fourth-order valence-corrected chi connectivity index (χ4v) is 4.36. The van der Waals surface area contributed by atoms with Gasteiger partial charge >= 0.3 is 0 Å². The largest absolute Gasteiger partial charge is 0.327 e. The van der Waals surface area contributed by atoms with E-state index in [0.717, 1.165) is 33.0 Å². The van der Waals surface area contributed by atoms with E-state index in [1.54, 1.807) is 23.1 Å². The second kappa shape index (κ2) is 5.80. The van der Waals surface area contributed by atoms with Crippen molar-refractivity contribution in [2.24, 2.45) is 5.73 Å². The molecule has 3 rings (SSSR count). The molecule has 0 aliphatic heterocycles. The van der Waals surface area contributed by atoms with E-state index in [4.69, 9.17) is 10.7 Å². The summed E-state index contributed by atoms with van der Waals surface area (Å²) in [5, 5.41) is 3.05. The van der Waals surface area contributed by atoms with E-state index in [1.165, 1.54) is 17.2 Å². The molecule has 2 N–H and O–H groups in total. The summed E-state index contributed by atoms with van der Waals surface area (Å²) in [5.41, 5.74) is 7.29. The highest BCUT2D eigenvalue weighted by Crippen LogP contribution is 2.33. The van der Waals surface area contributed by atoms with Crippen LogP contribution >= 0.6 is 34.6 Å². The maximum atomic E-state index is 6.12. The van der Waals surface area contributed by atoms with Crippen molar-refractivity contribution in [1.82, 2.24) is 18.7 Å². The van der Waals surface area contributed by atoms with E-state index in [1.807, 2.05) is 12.3 Å². The number of hydrogen-bond acceptors (Lipinski definition) is 7. The number of hydrogen-bond donors (Lipinski definition) is 1. The molecule has 0 bridgehead atoms. The Hall–Kier alpha value is -0.960. The molecule has 8 heteroatoms. The molecule has 0 saturated heterocycles. The minimum atomic E-state index is 0.158. The predicted molar refractivity (Wildman–Crippen MR) is 83.8 cm³/mol. The Kier molecular flexibility index (Phi) is 4.06. The van der Waals surface area contributed by atoms with Crippen molar-refractivity contribution in [2.45, 2.75) is 42.1 Å². The Labute approximate surface area is 129 Å². The Morgan fingerprint density at radius 3 is 3.00 bits per heavy atom. The third-order valence-electron chi connectivity index (χ3n) is 3.00. The average molecular weight is 325 g/mol. The van der Waals surface area contributed by atoms with Gasteiger partial charge in [-0.1, -0.05) is 6.92 Å². The number of nitrogens with two attached hydrogens (primary N) is 1. The molecule has 0 radical (unpaired) electrons. The van der Waals surface area contributed by atoms with Gasteiger partial charge in [-0.3, -0.25) is 4.40 Å². The first-order valence-corrected chi connectivity index (χ1v) is 8.82. The molecule has 3 aromatic heterocycles. The van der Waals surface area contributed by atoms with Crippen LogP contribution in [0.2, 0.25) is 0 Å². The lowest BCUT2D eigenvalue weighted by Gasteiger charge is -2.08. The maximum Gasteiger partial charge on any atom is 0.194 e. The number of aryl methyl sites for hydroxylation is 1. The van der Waals surface area contributed by atoms with Crippen molar-refractivity contribution in [3.05, 3.63) is 23.1 Å². The fraction of sp³-hybridized carbons (Fsp3) is 0.417. The highest BCUT2D eigenvalue weighted by molar-refractivity contribution is 8.00. The van der Waals surface area contributed by atoms with Crippen molar-refractivity contribution in [2.75, 3.05) is 0 Å². The lowest BCUT2D eigenvalue weighted by atomic mass is 10.1. The van der Waals surface area contributed by atoms with Crippen LogP contribution in [0, 0.1) is 6.92 Å². The SMILES string of the molecule is CCC(N)Cc1c(Sc2nc(C)ns2)nc2sccn12. The van der Waals surface area contributed by atoms with Crippen LogP contribution in [0.4, 0.5) is 0 Å². The van der Waals surface area contributed by atoms with Crippen LogP contribution in [0.1, 0.15) is 24.9 Å². The normalized spacial score (nSPS) is 13.2. The molecule has 3 heterocycles. The number of aromatic nitrogens is 4. The van der Waals surface area contributed by atoms with E-state index >= 15 is 0 Å². The Morgan fingerprint density at radius 1 is 1.45 bits per heavy atom. The van der Waals surface area contributed by atoms with E-state index in [2.05, 4.69) is 26.9 Å². The molecule has 3 aromatic rings. The smallest absolute Gasteiger partial charge is 0.194 e. The van der Waals surface area contributed by atoms with E-state index in [-0.39, 0.29) is 6.04 Å². The first-order valence-electron chi connectivity index (χ1n) is 6.35. The molecule has 0 aromatic carbocycles. The molecular weight excluding hydrogens is 310 g/mol. The second-order valence-electron chi connectivity index (χ2n) is 4.50. The summed E-state index contributed by atoms with van der Waals surface area (Å²) in [7, 11) is 0. The minimum Gasteiger partial charge on any atom is -0.327 e. The molecule has 0 spiro atoms. The number of nitrogens with zero attached hydrogens (tertiary/aromatic N) is 4. The molecule has 1 unspecified atom stereocenters. The third kappa shape index (κ3) is 2.73. The van der Waals surface area contributed by atoms with Gasteiger partial charge in [-0.05, 0) is 36.6 Å². The Bertz CT molecular complexity index is 714. The van der Waals surface area contributed by atoms with Crippen molar-refractivity contribution >= 4 is 39.6 Å². The summed E-state index contributed by atoms with van der Waals surface area (Å²) in [4.78, 5) is 10.1. The monoisotopic (exact) mass is 325 g/mol. The summed E-state index contributed by atoms with van der Waals surface area (Å²) >= 11 is 4.63. The molecule has 0 aliphatic carbocycles. The quantitative estimate of drug-likeness (QED) is 0.781. The van der Waals surface area contributed by atoms with E-state index < -0.39 is 0 Å². The zero-order chi connectivity index (χ0) is 14.1. The van der Waals surface area contributed by atoms with Gasteiger partial charge in [-0.25, -0.2) is 9.97 Å². The standard InChI is InChI=1S/C12H15N5S3/c1-3-8(13)6-9-10(15-11-17(9)4-5-18-11)19-12-14-7(2)16-20-12/h4-5,8H,3,6,13H2,1-2H3. The lowest BCUT2D eigenvalue weighted by molar-refractivity contribution is 0.627. The summed E-state index contributed by atoms with van der Waals surface area (Å²) in [5.74, 6) is 0.810. The van der Waals surface area contributed by atoms with Crippen LogP contribution in [0.25, 0.3) is 4.96 Å². The molecule has 0 amide bonds. The Morgan fingerprint density at radius 2 is 2.30 bits per heavy atom. The van der Waals surface area contributed by atoms with Crippen LogP contribution in [-0.4, -0.2) is 24.8 Å². The average Bonchev–Trinajstić information content (AvgIpc) is 3.09. The summed E-state index contributed by atoms with van der Waals surface area (Å²) in [6.45, 7) is 4.01.